The standard InChI is InChI=1S/C24H16N2O6/c1-15-11-19(25-13-27)7-9-21(15)31-23(29)17-3-5-18(6-4-17)24(30)32-22-10-8-20(26-14-28)12-16(22)2/h3-12H,1-2H3. The van der Waals surface area contributed by atoms with Crippen LogP contribution in [-0.4, -0.2) is 24.1 Å². The van der Waals surface area contributed by atoms with Crippen LogP contribution in [0.1, 0.15) is 31.8 Å². The number of hydrogen-bond acceptors (Lipinski definition) is 8. The molecule has 0 saturated heterocycles. The quantitative estimate of drug-likeness (QED) is 0.244. The number of nitrogens with zero attached hydrogens (tertiary/aromatic N) is 2. The van der Waals surface area contributed by atoms with Gasteiger partial charge in [-0.05, 0) is 85.6 Å². The molecule has 0 aliphatic rings. The summed E-state index contributed by atoms with van der Waals surface area (Å²) in [5, 5.41) is 0. The average molecular weight is 428 g/mol. The molecule has 0 heterocycles. The molecule has 0 fully saturated rings. The average Bonchev–Trinajstić information content (AvgIpc) is 2.78. The summed E-state index contributed by atoms with van der Waals surface area (Å²) in [5.74, 6) is -0.578. The van der Waals surface area contributed by atoms with E-state index in [0.29, 0.717) is 34.0 Å². The van der Waals surface area contributed by atoms with Gasteiger partial charge in [0.2, 0.25) is 12.2 Å². The Labute approximate surface area is 182 Å². The van der Waals surface area contributed by atoms with Gasteiger partial charge >= 0.3 is 11.9 Å². The predicted molar refractivity (Wildman–Crippen MR) is 114 cm³/mol. The highest BCUT2D eigenvalue weighted by atomic mass is 16.5. The molecule has 0 aliphatic heterocycles. The molecule has 0 amide bonds. The highest BCUT2D eigenvalue weighted by Crippen LogP contribution is 2.26. The molecular weight excluding hydrogens is 412 g/mol. The highest BCUT2D eigenvalue weighted by Gasteiger charge is 2.14. The minimum absolute atomic E-state index is 0.239. The molecule has 0 radical (unpaired) electrons. The van der Waals surface area contributed by atoms with E-state index in [9.17, 15) is 19.2 Å². The largest absolute Gasteiger partial charge is 0.423 e. The van der Waals surface area contributed by atoms with Crippen molar-refractivity contribution in [3.8, 4) is 11.5 Å². The van der Waals surface area contributed by atoms with Crippen LogP contribution in [0.2, 0.25) is 0 Å². The maximum absolute atomic E-state index is 12.4. The van der Waals surface area contributed by atoms with Gasteiger partial charge in [-0.15, -0.1) is 0 Å². The van der Waals surface area contributed by atoms with Gasteiger partial charge < -0.3 is 9.47 Å². The van der Waals surface area contributed by atoms with Crippen molar-refractivity contribution in [3.05, 3.63) is 82.9 Å². The van der Waals surface area contributed by atoms with E-state index in [-0.39, 0.29) is 11.1 Å². The minimum Gasteiger partial charge on any atom is -0.423 e. The number of ether oxygens (including phenoxy) is 2. The number of rotatable bonds is 6. The Morgan fingerprint density at radius 2 is 1.03 bits per heavy atom. The molecule has 3 rings (SSSR count). The molecule has 8 nitrogen and oxygen atoms in total. The van der Waals surface area contributed by atoms with E-state index in [1.54, 1.807) is 26.0 Å². The van der Waals surface area contributed by atoms with Crippen molar-refractivity contribution >= 4 is 35.5 Å². The Balaban J connectivity index is 1.69. The lowest BCUT2D eigenvalue weighted by atomic mass is 10.1. The van der Waals surface area contributed by atoms with Crippen molar-refractivity contribution in [1.29, 1.82) is 0 Å². The van der Waals surface area contributed by atoms with Crippen LogP contribution in [0.5, 0.6) is 11.5 Å². The highest BCUT2D eigenvalue weighted by molar-refractivity contribution is 5.95. The zero-order valence-corrected chi connectivity index (χ0v) is 17.1. The Bertz CT molecular complexity index is 1180. The van der Waals surface area contributed by atoms with Gasteiger partial charge in [-0.2, -0.15) is 9.98 Å². The molecule has 8 heteroatoms. The van der Waals surface area contributed by atoms with Gasteiger partial charge in [-0.25, -0.2) is 19.2 Å². The van der Waals surface area contributed by atoms with Crippen LogP contribution in [0, 0.1) is 13.8 Å². The van der Waals surface area contributed by atoms with Crippen LogP contribution in [0.25, 0.3) is 0 Å². The molecule has 158 valence electrons. The molecule has 0 aromatic heterocycles. The van der Waals surface area contributed by atoms with Crippen LogP contribution in [0.3, 0.4) is 0 Å². The summed E-state index contributed by atoms with van der Waals surface area (Å²) >= 11 is 0. The number of esters is 2. The summed E-state index contributed by atoms with van der Waals surface area (Å²) in [6.07, 6.45) is 2.90. The molecule has 0 atom stereocenters. The Kier molecular flexibility index (Phi) is 6.83. The van der Waals surface area contributed by atoms with E-state index in [1.165, 1.54) is 60.7 Å². The van der Waals surface area contributed by atoms with Crippen LogP contribution in [0.4, 0.5) is 11.4 Å². The van der Waals surface area contributed by atoms with E-state index < -0.39 is 11.9 Å². The van der Waals surface area contributed by atoms with Gasteiger partial charge in [-0.1, -0.05) is 0 Å². The van der Waals surface area contributed by atoms with Gasteiger partial charge in [0.25, 0.3) is 0 Å². The molecule has 3 aromatic rings. The third-order valence-corrected chi connectivity index (χ3v) is 4.43. The first-order chi connectivity index (χ1) is 15.4. The minimum atomic E-state index is -0.609. The van der Waals surface area contributed by atoms with Crippen molar-refractivity contribution in [2.24, 2.45) is 9.98 Å². The number of carbonyl (C=O) groups excluding carboxylic acids is 4. The zero-order chi connectivity index (χ0) is 23.1. The van der Waals surface area contributed by atoms with E-state index in [1.807, 2.05) is 0 Å². The second-order valence-electron chi connectivity index (χ2n) is 6.66. The lowest BCUT2D eigenvalue weighted by Gasteiger charge is -2.09. The normalized spacial score (nSPS) is 9.81. The van der Waals surface area contributed by atoms with Crippen molar-refractivity contribution in [2.75, 3.05) is 0 Å². The Morgan fingerprint density at radius 1 is 0.656 bits per heavy atom. The smallest absolute Gasteiger partial charge is 0.343 e. The van der Waals surface area contributed by atoms with Gasteiger partial charge in [0, 0.05) is 0 Å². The number of hydrogen-bond donors (Lipinski definition) is 0. The SMILES string of the molecule is Cc1cc(N=C=O)ccc1OC(=O)c1ccc(C(=O)Oc2ccc(N=C=O)cc2C)cc1. The summed E-state index contributed by atoms with van der Waals surface area (Å²) in [5.41, 5.74) is 2.53. The van der Waals surface area contributed by atoms with Crippen molar-refractivity contribution in [3.63, 3.8) is 0 Å². The number of aryl methyl sites for hydroxylation is 2. The zero-order valence-electron chi connectivity index (χ0n) is 17.1. The van der Waals surface area contributed by atoms with Crippen LogP contribution in [-0.2, 0) is 9.59 Å². The summed E-state index contributed by atoms with van der Waals surface area (Å²) < 4.78 is 10.8. The molecule has 0 aliphatic carbocycles. The third-order valence-electron chi connectivity index (χ3n) is 4.43. The topological polar surface area (TPSA) is 111 Å². The second-order valence-corrected chi connectivity index (χ2v) is 6.66. The van der Waals surface area contributed by atoms with Crippen molar-refractivity contribution < 1.29 is 28.7 Å². The Morgan fingerprint density at radius 3 is 1.34 bits per heavy atom. The summed E-state index contributed by atoms with van der Waals surface area (Å²) in [4.78, 5) is 52.5. The first kappa shape index (κ1) is 22.1. The monoisotopic (exact) mass is 428 g/mol. The van der Waals surface area contributed by atoms with E-state index in [4.69, 9.17) is 9.47 Å². The molecule has 32 heavy (non-hydrogen) atoms. The fraction of sp³-hybridized carbons (Fsp3) is 0.0833. The van der Waals surface area contributed by atoms with Gasteiger partial charge in [0.05, 0.1) is 22.5 Å². The van der Waals surface area contributed by atoms with Crippen molar-refractivity contribution in [1.82, 2.24) is 0 Å². The number of benzene rings is 3. The lowest BCUT2D eigenvalue weighted by Crippen LogP contribution is -2.12. The number of carbonyl (C=O) groups is 2. The number of aliphatic imine (C=N–C) groups is 2. The molecule has 0 saturated carbocycles. The molecular formula is C24H16N2O6. The van der Waals surface area contributed by atoms with E-state index >= 15 is 0 Å². The molecule has 0 spiro atoms. The summed E-state index contributed by atoms with van der Waals surface area (Å²) in [6.45, 7) is 3.43. The lowest BCUT2D eigenvalue weighted by molar-refractivity contribution is 0.0719. The van der Waals surface area contributed by atoms with Crippen LogP contribution < -0.4 is 9.47 Å². The van der Waals surface area contributed by atoms with Crippen molar-refractivity contribution in [2.45, 2.75) is 13.8 Å². The van der Waals surface area contributed by atoms with Crippen LogP contribution >= 0.6 is 0 Å². The molecule has 0 unspecified atom stereocenters. The van der Waals surface area contributed by atoms with Gasteiger partial charge in [0.1, 0.15) is 11.5 Å². The van der Waals surface area contributed by atoms with E-state index in [0.717, 1.165) is 0 Å². The van der Waals surface area contributed by atoms with Crippen LogP contribution in [0.15, 0.2) is 70.6 Å². The second kappa shape index (κ2) is 9.91. The van der Waals surface area contributed by atoms with Gasteiger partial charge in [-0.3, -0.25) is 0 Å². The maximum Gasteiger partial charge on any atom is 0.343 e. The van der Waals surface area contributed by atoms with E-state index in [2.05, 4.69) is 9.98 Å². The Hall–Kier alpha value is -4.64. The summed E-state index contributed by atoms with van der Waals surface area (Å²) in [6, 6.07) is 15.1. The fourth-order valence-corrected chi connectivity index (χ4v) is 2.80. The summed E-state index contributed by atoms with van der Waals surface area (Å²) in [7, 11) is 0. The fourth-order valence-electron chi connectivity index (χ4n) is 2.80. The first-order valence-electron chi connectivity index (χ1n) is 9.32. The third kappa shape index (κ3) is 5.29. The predicted octanol–water partition coefficient (Wildman–Crippen LogP) is 4.68. The molecule has 3 aromatic carbocycles. The number of isocyanates is 2. The first-order valence-corrected chi connectivity index (χ1v) is 9.32. The van der Waals surface area contributed by atoms with Gasteiger partial charge in [0.15, 0.2) is 0 Å². The molecule has 0 bridgehead atoms. The molecule has 0 N–H and O–H groups in total. The maximum atomic E-state index is 12.4.